The highest BCUT2D eigenvalue weighted by Gasteiger charge is 2.57. The Bertz CT molecular complexity index is 2830. The summed E-state index contributed by atoms with van der Waals surface area (Å²) < 4.78 is 81.5. The third-order valence-electron chi connectivity index (χ3n) is 13.2. The molecule has 4 aromatic rings. The summed E-state index contributed by atoms with van der Waals surface area (Å²) in [5.41, 5.74) is -1.37. The molecule has 0 unspecified atom stereocenters. The summed E-state index contributed by atoms with van der Waals surface area (Å²) in [6.45, 7) is 18.8. The first-order valence-electron chi connectivity index (χ1n) is 24.7. The van der Waals surface area contributed by atoms with Crippen LogP contribution in [0.15, 0.2) is 37.2 Å². The van der Waals surface area contributed by atoms with Crippen molar-refractivity contribution in [3.05, 3.63) is 37.2 Å². The Hall–Kier alpha value is -5.21. The largest absolute Gasteiger partial charge is 0.519 e. The van der Waals surface area contributed by atoms with Crippen LogP contribution in [-0.4, -0.2) is 153 Å². The van der Waals surface area contributed by atoms with E-state index in [1.54, 1.807) is 62.7 Å². The van der Waals surface area contributed by atoms with E-state index in [9.17, 15) is 31.2 Å². The minimum absolute atomic E-state index is 0.0722. The van der Waals surface area contributed by atoms with Gasteiger partial charge in [0, 0.05) is 63.7 Å². The molecule has 2 saturated heterocycles. The Kier molecular flexibility index (Phi) is 14.7. The zero-order valence-corrected chi connectivity index (χ0v) is 44.4. The van der Waals surface area contributed by atoms with Gasteiger partial charge in [-0.3, -0.25) is 0 Å². The van der Waals surface area contributed by atoms with Gasteiger partial charge in [0.2, 0.25) is 0 Å². The molecule has 6 heterocycles. The van der Waals surface area contributed by atoms with Gasteiger partial charge in [-0.25, -0.2) is 38.9 Å². The number of piperazine rings is 2. The highest BCUT2D eigenvalue weighted by Crippen LogP contribution is 2.48. The van der Waals surface area contributed by atoms with Gasteiger partial charge >= 0.3 is 18.4 Å². The summed E-state index contributed by atoms with van der Waals surface area (Å²) in [5, 5.41) is 1.74. The number of carbonyl (C=O) groups excluding carboxylic acids is 3. The number of nitrogens with one attached hydrogen (secondary N) is 3. The zero-order valence-electron chi connectivity index (χ0n) is 42.8. The molecule has 0 bridgehead atoms. The molecule has 4 aromatic heterocycles. The molecule has 6 fully saturated rings. The van der Waals surface area contributed by atoms with Gasteiger partial charge in [-0.1, -0.05) is 12.8 Å². The third-order valence-corrected chi connectivity index (χ3v) is 16.7. The number of ether oxygens (including phenoxy) is 4. The van der Waals surface area contributed by atoms with E-state index in [1.807, 2.05) is 39.1 Å². The summed E-state index contributed by atoms with van der Waals surface area (Å²) in [7, 11) is -6.91. The summed E-state index contributed by atoms with van der Waals surface area (Å²) in [6, 6.07) is 3.99. The lowest BCUT2D eigenvalue weighted by molar-refractivity contribution is -0.0294. The molecular weight excluding hydrogens is 973 g/mol. The maximum absolute atomic E-state index is 13.0. The monoisotopic (exact) mass is 1040 g/mol. The van der Waals surface area contributed by atoms with Gasteiger partial charge in [-0.15, -0.1) is 0 Å². The van der Waals surface area contributed by atoms with Crippen LogP contribution < -0.4 is 19.2 Å². The van der Waals surface area contributed by atoms with E-state index in [2.05, 4.69) is 48.9 Å². The van der Waals surface area contributed by atoms with Crippen LogP contribution in [0, 0.1) is 0 Å². The second-order valence-electron chi connectivity index (χ2n) is 22.5. The lowest BCUT2D eigenvalue weighted by Gasteiger charge is -2.42. The Balaban J connectivity index is 0.000000155. The molecule has 0 amide bonds. The summed E-state index contributed by atoms with van der Waals surface area (Å²) >= 11 is 0. The van der Waals surface area contributed by atoms with Crippen molar-refractivity contribution >= 4 is 72.5 Å². The Labute approximate surface area is 421 Å². The topological polar surface area (TPSA) is 266 Å². The van der Waals surface area contributed by atoms with Crippen molar-refractivity contribution in [1.29, 1.82) is 0 Å². The molecule has 0 aromatic carbocycles. The summed E-state index contributed by atoms with van der Waals surface area (Å²) in [5.74, 6) is 1.61. The summed E-state index contributed by atoms with van der Waals surface area (Å²) in [6.07, 6.45) is 13.3. The molecule has 4 saturated carbocycles. The number of hydrogen-bond donors (Lipinski definition) is 3. The van der Waals surface area contributed by atoms with Crippen molar-refractivity contribution in [1.82, 2.24) is 47.5 Å². The smallest absolute Gasteiger partial charge is 0.443 e. The van der Waals surface area contributed by atoms with E-state index in [4.69, 9.17) is 14.2 Å². The minimum Gasteiger partial charge on any atom is -0.443 e. The average molecular weight is 1040 g/mol. The molecule has 3 N–H and O–H groups in total. The number of aromatic amines is 1. The van der Waals surface area contributed by atoms with Gasteiger partial charge in [0.1, 0.15) is 46.7 Å². The number of H-pyrrole nitrogens is 1. The quantitative estimate of drug-likeness (QED) is 0.102. The van der Waals surface area contributed by atoms with Gasteiger partial charge in [0.15, 0.2) is 5.65 Å². The van der Waals surface area contributed by atoms with E-state index in [1.165, 1.54) is 10.9 Å². The Morgan fingerprint density at radius 1 is 0.625 bits per heavy atom. The fraction of sp³-hybridized carbons (Fsp3) is 0.681. The standard InChI is InChI=1S/C21H30N6O4S.C16H22N6O2S.C10H18O5/c1-20(2,3)31-19(28)26-10-7-16-17(22-14-23-18(16)26)25-11-12-27(21(13-25)8-9-21)32(29,30)24-15-5-4-6-15;23-25(24,20-12-2-1-3-12)22-9-8-21(10-16(22)5-6-16)15-13-4-7-17-14(13)18-11-19-15;1-9(2,3)14-7(11)13-8(12)15-10(4,5)6/h7,10,14-15,24H,4-6,8-9,11-13H2,1-3H3;4,7,11-12,20H,1-3,5-6,8-10H2,(H,17,18,19);1-6H3. The van der Waals surface area contributed by atoms with Crippen molar-refractivity contribution < 1.29 is 50.2 Å². The molecule has 396 valence electrons. The average Bonchev–Trinajstić information content (AvgIpc) is 4.04. The fourth-order valence-electron chi connectivity index (χ4n) is 9.11. The molecule has 23 nitrogen and oxygen atoms in total. The molecule has 25 heteroatoms. The normalized spacial score (nSPS) is 20.4. The number of rotatable bonds is 8. The van der Waals surface area contributed by atoms with Crippen LogP contribution in [-0.2, 0) is 39.4 Å². The van der Waals surface area contributed by atoms with E-state index in [0.29, 0.717) is 50.7 Å². The number of aromatic nitrogens is 6. The molecule has 6 aliphatic rings. The lowest BCUT2D eigenvalue weighted by atomic mass is 9.94. The minimum atomic E-state index is -3.50. The van der Waals surface area contributed by atoms with Gasteiger partial charge in [-0.05, 0) is 126 Å². The second kappa shape index (κ2) is 19.9. The van der Waals surface area contributed by atoms with Crippen molar-refractivity contribution in [3.63, 3.8) is 0 Å². The fourth-order valence-corrected chi connectivity index (χ4v) is 12.8. The molecule has 0 atom stereocenters. The maximum Gasteiger partial charge on any atom is 0.519 e. The first-order valence-corrected chi connectivity index (χ1v) is 27.6. The van der Waals surface area contributed by atoms with Crippen molar-refractivity contribution in [2.24, 2.45) is 0 Å². The number of fused-ring (bicyclic) bond motifs is 2. The van der Waals surface area contributed by atoms with E-state index >= 15 is 0 Å². The van der Waals surface area contributed by atoms with Crippen LogP contribution in [0.5, 0.6) is 0 Å². The van der Waals surface area contributed by atoms with Gasteiger partial charge in [0.25, 0.3) is 20.4 Å². The van der Waals surface area contributed by atoms with Crippen LogP contribution in [0.25, 0.3) is 22.1 Å². The summed E-state index contributed by atoms with van der Waals surface area (Å²) in [4.78, 5) is 59.6. The molecule has 72 heavy (non-hydrogen) atoms. The maximum atomic E-state index is 13.0. The molecule has 10 rings (SSSR count). The highest BCUT2D eigenvalue weighted by molar-refractivity contribution is 7.87. The molecule has 4 aliphatic carbocycles. The number of carbonyl (C=O) groups is 3. The molecule has 2 aliphatic heterocycles. The van der Waals surface area contributed by atoms with Crippen molar-refractivity contribution in [2.75, 3.05) is 49.1 Å². The lowest BCUT2D eigenvalue weighted by Crippen LogP contribution is -2.61. The van der Waals surface area contributed by atoms with Gasteiger partial charge in [0.05, 0.1) is 21.9 Å². The van der Waals surface area contributed by atoms with Crippen LogP contribution >= 0.6 is 0 Å². The van der Waals surface area contributed by atoms with Gasteiger partial charge in [-0.2, -0.15) is 34.9 Å². The van der Waals surface area contributed by atoms with E-state index in [0.717, 1.165) is 86.4 Å². The number of nitrogens with zero attached hydrogens (tertiary/aromatic N) is 9. The predicted octanol–water partition coefficient (Wildman–Crippen LogP) is 6.13. The SMILES string of the molecule is CC(C)(C)OC(=O)OC(=O)OC(C)(C)C.CC(C)(C)OC(=O)n1ccc2c(N3CCN(S(=O)(=O)NC4CCC4)C4(CC4)C3)ncnc21.O=S(=O)(NC1CCC1)N1CCN(c2ncnc3[nH]ccc23)CC12CC2. The van der Waals surface area contributed by atoms with Gasteiger partial charge < -0.3 is 33.7 Å². The number of hydrogen-bond acceptors (Lipinski definition) is 17. The molecule has 2 spiro atoms. The number of anilines is 2. The third kappa shape index (κ3) is 12.6. The van der Waals surface area contributed by atoms with Crippen molar-refractivity contribution in [2.45, 2.75) is 166 Å². The first kappa shape index (κ1) is 53.1. The van der Waals surface area contributed by atoms with Crippen LogP contribution in [0.2, 0.25) is 0 Å². The van der Waals surface area contributed by atoms with Crippen molar-refractivity contribution in [3.8, 4) is 0 Å². The van der Waals surface area contributed by atoms with E-state index in [-0.39, 0.29) is 17.6 Å². The Morgan fingerprint density at radius 3 is 1.51 bits per heavy atom. The molecular formula is C47H70N12O11S2. The second-order valence-corrected chi connectivity index (χ2v) is 25.8. The van der Waals surface area contributed by atoms with Crippen LogP contribution in [0.4, 0.5) is 26.0 Å². The Morgan fingerprint density at radius 2 is 1.08 bits per heavy atom. The first-order chi connectivity index (χ1) is 33.6. The highest BCUT2D eigenvalue weighted by atomic mass is 32.2. The van der Waals surface area contributed by atoms with E-state index < -0.39 is 61.2 Å². The van der Waals surface area contributed by atoms with Crippen LogP contribution in [0.1, 0.15) is 127 Å². The van der Waals surface area contributed by atoms with Crippen LogP contribution in [0.3, 0.4) is 0 Å². The predicted molar refractivity (Wildman–Crippen MR) is 268 cm³/mol. The zero-order chi connectivity index (χ0) is 52.1. The molecule has 0 radical (unpaired) electrons.